The van der Waals surface area contributed by atoms with Gasteiger partial charge in [0.2, 0.25) is 0 Å². The van der Waals surface area contributed by atoms with Crippen LogP contribution in [0.2, 0.25) is 0 Å². The molecule has 2 aromatic heterocycles. The summed E-state index contributed by atoms with van der Waals surface area (Å²) >= 11 is 5.87. The number of nitrogens with one attached hydrogen (secondary N) is 1. The average Bonchev–Trinajstić information content (AvgIpc) is 3.48. The second-order valence-electron chi connectivity index (χ2n) is 8.99. The highest BCUT2D eigenvalue weighted by Crippen LogP contribution is 2.39. The van der Waals surface area contributed by atoms with Crippen LogP contribution in [0.1, 0.15) is 23.5 Å². The zero-order chi connectivity index (χ0) is 23.5. The number of pyridine rings is 1. The third kappa shape index (κ3) is 4.66. The van der Waals surface area contributed by atoms with Gasteiger partial charge in [0.15, 0.2) is 5.11 Å². The first-order valence-electron chi connectivity index (χ1n) is 11.8. The van der Waals surface area contributed by atoms with Crippen molar-refractivity contribution in [3.05, 3.63) is 78.4 Å². The van der Waals surface area contributed by atoms with Gasteiger partial charge < -0.3 is 24.4 Å². The molecular formula is C26H32N6OS. The minimum atomic E-state index is -0.0203. The van der Waals surface area contributed by atoms with Crippen LogP contribution in [-0.4, -0.2) is 78.0 Å². The van der Waals surface area contributed by atoms with E-state index in [1.807, 2.05) is 18.3 Å². The molecule has 2 fully saturated rings. The van der Waals surface area contributed by atoms with Crippen LogP contribution >= 0.6 is 12.2 Å². The lowest BCUT2D eigenvalue weighted by molar-refractivity contribution is 0.0349. The van der Waals surface area contributed by atoms with Gasteiger partial charge in [-0.05, 0) is 60.7 Å². The van der Waals surface area contributed by atoms with E-state index >= 15 is 0 Å². The van der Waals surface area contributed by atoms with Crippen LogP contribution in [0.5, 0.6) is 0 Å². The maximum Gasteiger partial charge on any atom is 0.170 e. The lowest BCUT2D eigenvalue weighted by atomic mass is 10.0. The number of morpholine rings is 1. The monoisotopic (exact) mass is 476 g/mol. The molecule has 0 bridgehead atoms. The van der Waals surface area contributed by atoms with E-state index in [2.05, 4.69) is 92.3 Å². The number of benzene rings is 1. The minimum Gasteiger partial charge on any atom is -0.379 e. The van der Waals surface area contributed by atoms with Gasteiger partial charge in [-0.2, -0.15) is 0 Å². The molecule has 178 valence electrons. The molecule has 0 amide bonds. The topological polar surface area (TPSA) is 48.8 Å². The smallest absolute Gasteiger partial charge is 0.170 e. The lowest BCUT2D eigenvalue weighted by Crippen LogP contribution is -2.42. The van der Waals surface area contributed by atoms with Gasteiger partial charge in [0.1, 0.15) is 0 Å². The van der Waals surface area contributed by atoms with Gasteiger partial charge in [-0.25, -0.2) is 0 Å². The first kappa shape index (κ1) is 22.8. The van der Waals surface area contributed by atoms with Crippen LogP contribution in [0.25, 0.3) is 5.69 Å². The number of rotatable bonds is 7. The highest BCUT2D eigenvalue weighted by molar-refractivity contribution is 7.80. The van der Waals surface area contributed by atoms with Crippen LogP contribution in [0.4, 0.5) is 5.69 Å². The Morgan fingerprint density at radius 1 is 1.03 bits per heavy atom. The largest absolute Gasteiger partial charge is 0.379 e. The number of ether oxygens (including phenoxy) is 1. The van der Waals surface area contributed by atoms with Crippen LogP contribution in [0.3, 0.4) is 0 Å². The lowest BCUT2D eigenvalue weighted by Gasteiger charge is -2.32. The molecule has 2 atom stereocenters. The number of hydrogen-bond acceptors (Lipinski definition) is 5. The Labute approximate surface area is 206 Å². The summed E-state index contributed by atoms with van der Waals surface area (Å²) in [7, 11) is 4.12. The standard InChI is InChI=1S/C26H32N6OS/c1-29(2)20-8-10-21(11-9-20)31-13-5-7-23(31)25-24(22-6-3-4-12-27-22)28-26(34)32(25)15-14-30-16-18-33-19-17-30/h3-13,24-25H,14-19H2,1-2H3,(H,28,34)/t24-,25+/m0/s1. The van der Waals surface area contributed by atoms with E-state index < -0.39 is 0 Å². The summed E-state index contributed by atoms with van der Waals surface area (Å²) in [5, 5.41) is 4.36. The Morgan fingerprint density at radius 3 is 2.53 bits per heavy atom. The summed E-state index contributed by atoms with van der Waals surface area (Å²) in [5.74, 6) is 0. The predicted molar refractivity (Wildman–Crippen MR) is 140 cm³/mol. The first-order valence-corrected chi connectivity index (χ1v) is 12.3. The molecular weight excluding hydrogens is 444 g/mol. The third-order valence-electron chi connectivity index (χ3n) is 6.69. The summed E-state index contributed by atoms with van der Waals surface area (Å²) in [6.07, 6.45) is 3.99. The molecule has 4 heterocycles. The minimum absolute atomic E-state index is 0.0203. The molecule has 34 heavy (non-hydrogen) atoms. The van der Waals surface area contributed by atoms with E-state index in [0.29, 0.717) is 0 Å². The van der Waals surface area contributed by atoms with Gasteiger partial charge >= 0.3 is 0 Å². The molecule has 3 aromatic rings. The SMILES string of the molecule is CN(C)c1ccc(-n2cccc2[C@@H]2[C@H](c3ccccn3)NC(=S)N2CCN2CCOCC2)cc1. The van der Waals surface area contributed by atoms with E-state index in [4.69, 9.17) is 17.0 Å². The second-order valence-corrected chi connectivity index (χ2v) is 9.37. The summed E-state index contributed by atoms with van der Waals surface area (Å²) in [6, 6.07) is 19.1. The quantitative estimate of drug-likeness (QED) is 0.526. The number of aromatic nitrogens is 2. The Hall–Kier alpha value is -2.94. The first-order chi connectivity index (χ1) is 16.6. The molecule has 5 rings (SSSR count). The van der Waals surface area contributed by atoms with Crippen molar-refractivity contribution >= 4 is 23.0 Å². The normalized spacial score (nSPS) is 21.0. The summed E-state index contributed by atoms with van der Waals surface area (Å²) in [5.41, 5.74) is 4.51. The molecule has 2 saturated heterocycles. The molecule has 8 heteroatoms. The fourth-order valence-corrected chi connectivity index (χ4v) is 5.16. The number of anilines is 1. The Kier molecular flexibility index (Phi) is 6.80. The van der Waals surface area contributed by atoms with Crippen molar-refractivity contribution < 1.29 is 4.74 Å². The Bertz CT molecular complexity index is 1090. The van der Waals surface area contributed by atoms with Crippen molar-refractivity contribution in [2.45, 2.75) is 12.1 Å². The number of hydrogen-bond donors (Lipinski definition) is 1. The molecule has 0 saturated carbocycles. The van der Waals surface area contributed by atoms with Crippen molar-refractivity contribution in [3.63, 3.8) is 0 Å². The molecule has 1 N–H and O–H groups in total. The molecule has 0 aliphatic carbocycles. The van der Waals surface area contributed by atoms with Crippen molar-refractivity contribution in [2.75, 3.05) is 58.4 Å². The van der Waals surface area contributed by atoms with Crippen LogP contribution in [0.15, 0.2) is 67.0 Å². The van der Waals surface area contributed by atoms with Crippen LogP contribution in [0, 0.1) is 0 Å². The zero-order valence-electron chi connectivity index (χ0n) is 19.8. The maximum atomic E-state index is 5.87. The number of nitrogens with zero attached hydrogens (tertiary/aromatic N) is 5. The molecule has 0 radical (unpaired) electrons. The van der Waals surface area contributed by atoms with Crippen LogP contribution < -0.4 is 10.2 Å². The van der Waals surface area contributed by atoms with Gasteiger partial charge in [-0.3, -0.25) is 9.88 Å². The zero-order valence-corrected chi connectivity index (χ0v) is 20.6. The van der Waals surface area contributed by atoms with Crippen molar-refractivity contribution in [3.8, 4) is 5.69 Å². The molecule has 2 aliphatic rings. The van der Waals surface area contributed by atoms with Crippen molar-refractivity contribution in [1.29, 1.82) is 0 Å². The van der Waals surface area contributed by atoms with Gasteiger partial charge in [0.05, 0.1) is 31.0 Å². The third-order valence-corrected chi connectivity index (χ3v) is 7.04. The Morgan fingerprint density at radius 2 is 1.82 bits per heavy atom. The number of thiocarbonyl (C=S) groups is 1. The van der Waals surface area contributed by atoms with E-state index in [1.165, 1.54) is 11.4 Å². The van der Waals surface area contributed by atoms with E-state index in [1.54, 1.807) is 0 Å². The van der Waals surface area contributed by atoms with Crippen molar-refractivity contribution in [2.24, 2.45) is 0 Å². The van der Waals surface area contributed by atoms with E-state index in [9.17, 15) is 0 Å². The van der Waals surface area contributed by atoms with Gasteiger partial charge in [0.25, 0.3) is 0 Å². The van der Waals surface area contributed by atoms with E-state index in [0.717, 1.165) is 55.9 Å². The highest BCUT2D eigenvalue weighted by atomic mass is 32.1. The second kappa shape index (κ2) is 10.1. The fourth-order valence-electron chi connectivity index (χ4n) is 4.82. The molecule has 0 spiro atoms. The van der Waals surface area contributed by atoms with E-state index in [-0.39, 0.29) is 12.1 Å². The molecule has 7 nitrogen and oxygen atoms in total. The summed E-state index contributed by atoms with van der Waals surface area (Å²) in [4.78, 5) is 11.6. The maximum absolute atomic E-state index is 5.87. The fraction of sp³-hybridized carbons (Fsp3) is 0.385. The van der Waals surface area contributed by atoms with Crippen molar-refractivity contribution in [1.82, 2.24) is 24.7 Å². The summed E-state index contributed by atoms with van der Waals surface area (Å²) < 4.78 is 7.80. The molecule has 2 aliphatic heterocycles. The highest BCUT2D eigenvalue weighted by Gasteiger charge is 2.41. The predicted octanol–water partition coefficient (Wildman–Crippen LogP) is 3.24. The van der Waals surface area contributed by atoms with Gasteiger partial charge in [-0.15, -0.1) is 0 Å². The van der Waals surface area contributed by atoms with Gasteiger partial charge in [-0.1, -0.05) is 6.07 Å². The molecule has 1 aromatic carbocycles. The average molecular weight is 477 g/mol. The van der Waals surface area contributed by atoms with Gasteiger partial charge in [0, 0.05) is 69.7 Å². The Balaban J connectivity index is 1.48. The molecule has 0 unspecified atom stereocenters. The summed E-state index contributed by atoms with van der Waals surface area (Å²) in [6.45, 7) is 5.34. The van der Waals surface area contributed by atoms with Crippen LogP contribution in [-0.2, 0) is 4.74 Å².